The van der Waals surface area contributed by atoms with Crippen molar-refractivity contribution in [2.45, 2.75) is 13.5 Å². The number of ether oxygens (including phenoxy) is 1. The SMILES string of the molecule is Cc1cccc(OCCNCc2cnccn2)c1. The highest BCUT2D eigenvalue weighted by atomic mass is 16.5. The van der Waals surface area contributed by atoms with E-state index in [1.807, 2.05) is 18.2 Å². The summed E-state index contributed by atoms with van der Waals surface area (Å²) in [4.78, 5) is 8.19. The van der Waals surface area contributed by atoms with Crippen molar-refractivity contribution in [2.75, 3.05) is 13.2 Å². The first kappa shape index (κ1) is 12.5. The van der Waals surface area contributed by atoms with Gasteiger partial charge in [-0.05, 0) is 24.6 Å². The molecule has 0 aliphatic heterocycles. The summed E-state index contributed by atoms with van der Waals surface area (Å²) < 4.78 is 5.63. The number of nitrogens with one attached hydrogen (secondary N) is 1. The van der Waals surface area contributed by atoms with Gasteiger partial charge in [-0.3, -0.25) is 9.97 Å². The standard InChI is InChI=1S/C14H17N3O/c1-12-3-2-4-14(9-12)18-8-7-16-11-13-10-15-5-6-17-13/h2-6,9-10,16H,7-8,11H2,1H3. The Morgan fingerprint density at radius 3 is 3.00 bits per heavy atom. The van der Waals surface area contributed by atoms with Gasteiger partial charge in [-0.2, -0.15) is 0 Å². The Kier molecular flexibility index (Phi) is 4.67. The van der Waals surface area contributed by atoms with E-state index in [-0.39, 0.29) is 0 Å². The summed E-state index contributed by atoms with van der Waals surface area (Å²) in [6.45, 7) is 4.19. The predicted molar refractivity (Wildman–Crippen MR) is 70.4 cm³/mol. The van der Waals surface area contributed by atoms with E-state index in [0.29, 0.717) is 13.2 Å². The molecule has 0 spiro atoms. The smallest absolute Gasteiger partial charge is 0.119 e. The molecule has 4 nitrogen and oxygen atoms in total. The molecule has 1 heterocycles. The third kappa shape index (κ3) is 4.14. The number of aromatic nitrogens is 2. The first-order chi connectivity index (χ1) is 8.84. The van der Waals surface area contributed by atoms with Gasteiger partial charge in [0, 0.05) is 31.7 Å². The Morgan fingerprint density at radius 2 is 2.22 bits per heavy atom. The Bertz CT molecular complexity index is 473. The van der Waals surface area contributed by atoms with Crippen molar-refractivity contribution in [2.24, 2.45) is 0 Å². The van der Waals surface area contributed by atoms with Crippen molar-refractivity contribution < 1.29 is 4.74 Å². The van der Waals surface area contributed by atoms with Crippen LogP contribution in [0.1, 0.15) is 11.3 Å². The molecule has 2 aromatic rings. The fraction of sp³-hybridized carbons (Fsp3) is 0.286. The van der Waals surface area contributed by atoms with Gasteiger partial charge in [0.05, 0.1) is 5.69 Å². The fourth-order valence-electron chi connectivity index (χ4n) is 1.58. The lowest BCUT2D eigenvalue weighted by atomic mass is 10.2. The van der Waals surface area contributed by atoms with Crippen LogP contribution in [0.25, 0.3) is 0 Å². The van der Waals surface area contributed by atoms with Gasteiger partial charge in [0.1, 0.15) is 12.4 Å². The summed E-state index contributed by atoms with van der Waals surface area (Å²) in [5, 5.41) is 3.26. The van der Waals surface area contributed by atoms with Gasteiger partial charge < -0.3 is 10.1 Å². The maximum absolute atomic E-state index is 5.63. The van der Waals surface area contributed by atoms with Crippen LogP contribution in [0, 0.1) is 6.92 Å². The van der Waals surface area contributed by atoms with Gasteiger partial charge in [-0.15, -0.1) is 0 Å². The van der Waals surface area contributed by atoms with Crippen LogP contribution in [-0.2, 0) is 6.54 Å². The molecule has 1 aromatic heterocycles. The highest BCUT2D eigenvalue weighted by Crippen LogP contribution is 2.11. The zero-order chi connectivity index (χ0) is 12.6. The van der Waals surface area contributed by atoms with Crippen LogP contribution >= 0.6 is 0 Å². The Hall–Kier alpha value is -1.94. The predicted octanol–water partition coefficient (Wildman–Crippen LogP) is 1.95. The number of benzene rings is 1. The minimum atomic E-state index is 0.643. The number of rotatable bonds is 6. The summed E-state index contributed by atoms with van der Waals surface area (Å²) in [6, 6.07) is 8.05. The maximum Gasteiger partial charge on any atom is 0.119 e. The fourth-order valence-corrected chi connectivity index (χ4v) is 1.58. The van der Waals surface area contributed by atoms with Crippen molar-refractivity contribution in [3.8, 4) is 5.75 Å². The first-order valence-electron chi connectivity index (χ1n) is 6.00. The van der Waals surface area contributed by atoms with Gasteiger partial charge in [-0.1, -0.05) is 12.1 Å². The Morgan fingerprint density at radius 1 is 1.28 bits per heavy atom. The lowest BCUT2D eigenvalue weighted by Crippen LogP contribution is -2.21. The second-order valence-electron chi connectivity index (χ2n) is 4.04. The molecule has 0 bridgehead atoms. The quantitative estimate of drug-likeness (QED) is 0.788. The number of hydrogen-bond donors (Lipinski definition) is 1. The molecule has 94 valence electrons. The number of aryl methyl sites for hydroxylation is 1. The van der Waals surface area contributed by atoms with Crippen LogP contribution in [-0.4, -0.2) is 23.1 Å². The zero-order valence-corrected chi connectivity index (χ0v) is 10.5. The second-order valence-corrected chi connectivity index (χ2v) is 4.04. The molecule has 0 saturated heterocycles. The van der Waals surface area contributed by atoms with Gasteiger partial charge in [0.15, 0.2) is 0 Å². The third-order valence-electron chi connectivity index (χ3n) is 2.46. The molecule has 0 radical (unpaired) electrons. The normalized spacial score (nSPS) is 10.3. The second kappa shape index (κ2) is 6.71. The Balaban J connectivity index is 1.65. The molecule has 18 heavy (non-hydrogen) atoms. The molecule has 4 heteroatoms. The van der Waals surface area contributed by atoms with Crippen LogP contribution in [0.4, 0.5) is 0 Å². The lowest BCUT2D eigenvalue weighted by Gasteiger charge is -2.07. The van der Waals surface area contributed by atoms with E-state index in [1.54, 1.807) is 18.6 Å². The summed E-state index contributed by atoms with van der Waals surface area (Å²) in [6.07, 6.45) is 5.12. The highest BCUT2D eigenvalue weighted by Gasteiger charge is 1.95. The molecule has 2 rings (SSSR count). The Labute approximate surface area is 107 Å². The molecule has 0 amide bonds. The van der Waals surface area contributed by atoms with E-state index < -0.39 is 0 Å². The van der Waals surface area contributed by atoms with E-state index >= 15 is 0 Å². The summed E-state index contributed by atoms with van der Waals surface area (Å²) in [5.74, 6) is 0.913. The number of nitrogens with zero attached hydrogens (tertiary/aromatic N) is 2. The summed E-state index contributed by atoms with van der Waals surface area (Å²) in [5.41, 5.74) is 2.15. The zero-order valence-electron chi connectivity index (χ0n) is 10.5. The monoisotopic (exact) mass is 243 g/mol. The molecule has 1 N–H and O–H groups in total. The van der Waals surface area contributed by atoms with Crippen LogP contribution in [0.15, 0.2) is 42.9 Å². The molecule has 0 unspecified atom stereocenters. The molecule has 0 fully saturated rings. The largest absolute Gasteiger partial charge is 0.492 e. The van der Waals surface area contributed by atoms with E-state index in [1.165, 1.54) is 5.56 Å². The summed E-state index contributed by atoms with van der Waals surface area (Å²) >= 11 is 0. The van der Waals surface area contributed by atoms with E-state index in [2.05, 4.69) is 28.3 Å². The van der Waals surface area contributed by atoms with Crippen molar-refractivity contribution >= 4 is 0 Å². The molecular weight excluding hydrogens is 226 g/mol. The van der Waals surface area contributed by atoms with E-state index in [0.717, 1.165) is 18.0 Å². The average Bonchev–Trinajstić information content (AvgIpc) is 2.40. The summed E-state index contributed by atoms with van der Waals surface area (Å²) in [7, 11) is 0. The molecule has 0 atom stereocenters. The van der Waals surface area contributed by atoms with Crippen LogP contribution in [0.3, 0.4) is 0 Å². The first-order valence-corrected chi connectivity index (χ1v) is 6.00. The van der Waals surface area contributed by atoms with Crippen LogP contribution in [0.5, 0.6) is 5.75 Å². The van der Waals surface area contributed by atoms with Crippen LogP contribution < -0.4 is 10.1 Å². The van der Waals surface area contributed by atoms with Gasteiger partial charge >= 0.3 is 0 Å². The van der Waals surface area contributed by atoms with Crippen molar-refractivity contribution in [3.63, 3.8) is 0 Å². The molecular formula is C14H17N3O. The average molecular weight is 243 g/mol. The third-order valence-corrected chi connectivity index (χ3v) is 2.46. The minimum absolute atomic E-state index is 0.643. The highest BCUT2D eigenvalue weighted by molar-refractivity contribution is 5.27. The molecule has 1 aromatic carbocycles. The van der Waals surface area contributed by atoms with E-state index in [4.69, 9.17) is 4.74 Å². The topological polar surface area (TPSA) is 47.0 Å². The van der Waals surface area contributed by atoms with Gasteiger partial charge in [0.2, 0.25) is 0 Å². The number of hydrogen-bond acceptors (Lipinski definition) is 4. The maximum atomic E-state index is 5.63. The molecule has 0 aliphatic carbocycles. The van der Waals surface area contributed by atoms with Crippen molar-refractivity contribution in [1.82, 2.24) is 15.3 Å². The van der Waals surface area contributed by atoms with E-state index in [9.17, 15) is 0 Å². The minimum Gasteiger partial charge on any atom is -0.492 e. The van der Waals surface area contributed by atoms with Crippen LogP contribution in [0.2, 0.25) is 0 Å². The van der Waals surface area contributed by atoms with Crippen molar-refractivity contribution in [1.29, 1.82) is 0 Å². The molecule has 0 aliphatic rings. The van der Waals surface area contributed by atoms with Gasteiger partial charge in [0.25, 0.3) is 0 Å². The lowest BCUT2D eigenvalue weighted by molar-refractivity contribution is 0.313. The van der Waals surface area contributed by atoms with Gasteiger partial charge in [-0.25, -0.2) is 0 Å². The molecule has 0 saturated carbocycles. The van der Waals surface area contributed by atoms with Crippen molar-refractivity contribution in [3.05, 3.63) is 54.1 Å².